The van der Waals surface area contributed by atoms with Gasteiger partial charge in [-0.25, -0.2) is 0 Å². The Morgan fingerprint density at radius 3 is 1.91 bits per heavy atom. The van der Waals surface area contributed by atoms with Crippen LogP contribution >= 0.6 is 0 Å². The first-order chi connectivity index (χ1) is 11.1. The van der Waals surface area contributed by atoms with E-state index < -0.39 is 0 Å². The molecule has 0 radical (unpaired) electrons. The van der Waals surface area contributed by atoms with Crippen LogP contribution in [0, 0.1) is 13.8 Å². The van der Waals surface area contributed by atoms with Crippen LogP contribution in [0.3, 0.4) is 0 Å². The van der Waals surface area contributed by atoms with Gasteiger partial charge in [0, 0.05) is 30.5 Å². The van der Waals surface area contributed by atoms with Gasteiger partial charge < -0.3 is 19.3 Å². The van der Waals surface area contributed by atoms with Crippen LogP contribution in [0.2, 0.25) is 0 Å². The Morgan fingerprint density at radius 1 is 0.739 bits per heavy atom. The van der Waals surface area contributed by atoms with Crippen LogP contribution < -0.4 is 19.3 Å². The quantitative estimate of drug-likeness (QED) is 0.846. The van der Waals surface area contributed by atoms with Crippen LogP contribution in [0.25, 0.3) is 0 Å². The third kappa shape index (κ3) is 2.12. The summed E-state index contributed by atoms with van der Waals surface area (Å²) in [6, 6.07) is 8.88. The fourth-order valence-corrected chi connectivity index (χ4v) is 3.65. The number of benzene rings is 2. The molecule has 0 spiro atoms. The van der Waals surface area contributed by atoms with Gasteiger partial charge in [-0.05, 0) is 48.2 Å². The molecular weight excluding hydrogens is 288 g/mol. The molecule has 2 heterocycles. The van der Waals surface area contributed by atoms with E-state index in [1.165, 1.54) is 33.6 Å². The third-order valence-corrected chi connectivity index (χ3v) is 5.02. The SMILES string of the molecule is COc1cc2c(cc1OC)N1Cc3cc(C)c(C)cc3N(C2)C1. The lowest BCUT2D eigenvalue weighted by molar-refractivity contribution is 0.354. The van der Waals surface area contributed by atoms with E-state index in [1.54, 1.807) is 14.2 Å². The van der Waals surface area contributed by atoms with Crippen molar-refractivity contribution in [2.24, 2.45) is 0 Å². The van der Waals surface area contributed by atoms with Gasteiger partial charge in [-0.15, -0.1) is 0 Å². The van der Waals surface area contributed by atoms with Crippen molar-refractivity contribution in [3.8, 4) is 11.5 Å². The number of hydrogen-bond donors (Lipinski definition) is 0. The van der Waals surface area contributed by atoms with E-state index in [1.807, 2.05) is 0 Å². The van der Waals surface area contributed by atoms with Gasteiger partial charge >= 0.3 is 0 Å². The normalized spacial score (nSPS) is 15.1. The van der Waals surface area contributed by atoms with Crippen molar-refractivity contribution < 1.29 is 9.47 Å². The number of nitrogens with zero attached hydrogens (tertiary/aromatic N) is 2. The topological polar surface area (TPSA) is 24.9 Å². The minimum Gasteiger partial charge on any atom is -0.493 e. The molecule has 4 rings (SSSR count). The molecule has 2 bridgehead atoms. The minimum absolute atomic E-state index is 0.797. The number of ether oxygens (including phenoxy) is 2. The predicted octanol–water partition coefficient (Wildman–Crippen LogP) is 3.62. The van der Waals surface area contributed by atoms with Gasteiger partial charge in [0.05, 0.1) is 20.9 Å². The Bertz CT molecular complexity index is 785. The molecule has 0 unspecified atom stereocenters. The standard InChI is InChI=1S/C19H22N2O2/c1-12-5-14-9-21-11-20(16(14)6-13(12)2)10-15-7-18(22-3)19(23-4)8-17(15)21/h5-8H,9-11H2,1-4H3. The molecule has 0 aliphatic carbocycles. The van der Waals surface area contributed by atoms with Crippen LogP contribution in [0.15, 0.2) is 24.3 Å². The summed E-state index contributed by atoms with van der Waals surface area (Å²) in [4.78, 5) is 4.86. The molecule has 2 aromatic carbocycles. The molecule has 4 heteroatoms. The van der Waals surface area contributed by atoms with E-state index in [-0.39, 0.29) is 0 Å². The molecule has 0 saturated carbocycles. The van der Waals surface area contributed by atoms with Crippen molar-refractivity contribution in [2.45, 2.75) is 26.9 Å². The lowest BCUT2D eigenvalue weighted by Gasteiger charge is -2.45. The maximum atomic E-state index is 5.48. The van der Waals surface area contributed by atoms with Crippen molar-refractivity contribution >= 4 is 11.4 Å². The summed E-state index contributed by atoms with van der Waals surface area (Å²) >= 11 is 0. The highest BCUT2D eigenvalue weighted by molar-refractivity contribution is 5.71. The maximum absolute atomic E-state index is 5.48. The smallest absolute Gasteiger partial charge is 0.162 e. The Labute approximate surface area is 137 Å². The molecule has 0 fully saturated rings. The number of fused-ring (bicyclic) bond motifs is 6. The second kappa shape index (κ2) is 5.08. The summed E-state index contributed by atoms with van der Waals surface area (Å²) in [5.74, 6) is 1.60. The molecule has 0 amide bonds. The second-order valence-corrected chi connectivity index (χ2v) is 6.44. The van der Waals surface area contributed by atoms with E-state index in [0.29, 0.717) is 0 Å². The van der Waals surface area contributed by atoms with Crippen LogP contribution in [0.5, 0.6) is 11.5 Å². The maximum Gasteiger partial charge on any atom is 0.162 e. The summed E-state index contributed by atoms with van der Waals surface area (Å²) in [7, 11) is 3.38. The van der Waals surface area contributed by atoms with E-state index >= 15 is 0 Å². The zero-order valence-electron chi connectivity index (χ0n) is 14.1. The van der Waals surface area contributed by atoms with E-state index in [0.717, 1.165) is 31.3 Å². The average molecular weight is 310 g/mol. The van der Waals surface area contributed by atoms with Crippen molar-refractivity contribution in [3.63, 3.8) is 0 Å². The second-order valence-electron chi connectivity index (χ2n) is 6.44. The van der Waals surface area contributed by atoms with Gasteiger partial charge in [0.2, 0.25) is 0 Å². The molecule has 2 aliphatic rings. The lowest BCUT2D eigenvalue weighted by Crippen LogP contribution is -2.46. The molecule has 0 atom stereocenters. The van der Waals surface area contributed by atoms with Crippen molar-refractivity contribution in [1.82, 2.24) is 0 Å². The monoisotopic (exact) mass is 310 g/mol. The van der Waals surface area contributed by atoms with E-state index in [9.17, 15) is 0 Å². The number of anilines is 2. The molecule has 4 nitrogen and oxygen atoms in total. The molecule has 2 aromatic rings. The third-order valence-electron chi connectivity index (χ3n) is 5.02. The van der Waals surface area contributed by atoms with Crippen LogP contribution in [0.4, 0.5) is 11.4 Å². The highest BCUT2D eigenvalue weighted by atomic mass is 16.5. The Balaban J connectivity index is 1.81. The fraction of sp³-hybridized carbons (Fsp3) is 0.368. The predicted molar refractivity (Wildman–Crippen MR) is 92.7 cm³/mol. The van der Waals surface area contributed by atoms with E-state index in [2.05, 4.69) is 47.9 Å². The highest BCUT2D eigenvalue weighted by Gasteiger charge is 2.30. The minimum atomic E-state index is 0.797. The summed E-state index contributed by atoms with van der Waals surface area (Å²) < 4.78 is 10.9. The summed E-state index contributed by atoms with van der Waals surface area (Å²) in [5, 5.41) is 0. The van der Waals surface area contributed by atoms with Crippen LogP contribution in [-0.2, 0) is 13.1 Å². The van der Waals surface area contributed by atoms with Gasteiger partial charge in [-0.3, -0.25) is 0 Å². The van der Waals surface area contributed by atoms with Gasteiger partial charge in [-0.2, -0.15) is 0 Å². The van der Waals surface area contributed by atoms with Crippen molar-refractivity contribution in [1.29, 1.82) is 0 Å². The molecule has 120 valence electrons. The van der Waals surface area contributed by atoms with Gasteiger partial charge in [0.25, 0.3) is 0 Å². The molecule has 23 heavy (non-hydrogen) atoms. The first-order valence-electron chi connectivity index (χ1n) is 7.95. The van der Waals surface area contributed by atoms with Gasteiger partial charge in [-0.1, -0.05) is 6.07 Å². The zero-order chi connectivity index (χ0) is 16.1. The van der Waals surface area contributed by atoms with Crippen LogP contribution in [0.1, 0.15) is 22.3 Å². The summed E-state index contributed by atoms with van der Waals surface area (Å²) in [6.07, 6.45) is 0. The number of aryl methyl sites for hydroxylation is 2. The highest BCUT2D eigenvalue weighted by Crippen LogP contribution is 2.43. The first-order valence-corrected chi connectivity index (χ1v) is 7.95. The lowest BCUT2D eigenvalue weighted by atomic mass is 9.97. The summed E-state index contributed by atoms with van der Waals surface area (Å²) in [5.41, 5.74) is 8.03. The van der Waals surface area contributed by atoms with Crippen molar-refractivity contribution in [2.75, 3.05) is 30.7 Å². The Hall–Kier alpha value is -2.36. The van der Waals surface area contributed by atoms with Crippen molar-refractivity contribution in [3.05, 3.63) is 46.5 Å². The number of rotatable bonds is 2. The molecule has 0 saturated heterocycles. The zero-order valence-corrected chi connectivity index (χ0v) is 14.1. The molecule has 0 aromatic heterocycles. The Kier molecular flexibility index (Phi) is 3.15. The van der Waals surface area contributed by atoms with Gasteiger partial charge in [0.15, 0.2) is 11.5 Å². The fourth-order valence-electron chi connectivity index (χ4n) is 3.65. The van der Waals surface area contributed by atoms with Gasteiger partial charge in [0.1, 0.15) is 0 Å². The molecular formula is C19H22N2O2. The largest absolute Gasteiger partial charge is 0.493 e. The van der Waals surface area contributed by atoms with E-state index in [4.69, 9.17) is 9.47 Å². The Morgan fingerprint density at radius 2 is 1.26 bits per heavy atom. The summed E-state index contributed by atoms with van der Waals surface area (Å²) in [6.45, 7) is 7.15. The first kappa shape index (κ1) is 14.2. The van der Waals surface area contributed by atoms with Crippen LogP contribution in [-0.4, -0.2) is 20.9 Å². The molecule has 2 aliphatic heterocycles. The number of hydrogen-bond acceptors (Lipinski definition) is 4. The average Bonchev–Trinajstić information content (AvgIpc) is 2.56. The number of methoxy groups -OCH3 is 2. The molecule has 0 N–H and O–H groups in total.